The number of nitrogens with one attached hydrogen (secondary N) is 2. The standard InChI is InChI=1S/C15H19FN2O3/c16-11-6-8-12(9-7-11)17-15(21)18-13(14(19)20)10-4-2-1-3-5-10/h6-10,13H,1-5H2,(H,19,20)(H2,17,18,21). The molecule has 1 fully saturated rings. The largest absolute Gasteiger partial charge is 0.480 e. The number of hydrogen-bond acceptors (Lipinski definition) is 2. The maximum atomic E-state index is 12.8. The maximum Gasteiger partial charge on any atom is 0.326 e. The second-order valence-electron chi connectivity index (χ2n) is 5.32. The Morgan fingerprint density at radius 2 is 1.76 bits per heavy atom. The average Bonchev–Trinajstić information content (AvgIpc) is 2.48. The van der Waals surface area contributed by atoms with Gasteiger partial charge in [-0.2, -0.15) is 0 Å². The van der Waals surface area contributed by atoms with E-state index in [0.29, 0.717) is 5.69 Å². The van der Waals surface area contributed by atoms with Gasteiger partial charge in [0.15, 0.2) is 0 Å². The summed E-state index contributed by atoms with van der Waals surface area (Å²) in [6.45, 7) is 0. The summed E-state index contributed by atoms with van der Waals surface area (Å²) in [5.74, 6) is -1.45. The van der Waals surface area contributed by atoms with Crippen molar-refractivity contribution in [2.24, 2.45) is 5.92 Å². The van der Waals surface area contributed by atoms with Crippen molar-refractivity contribution in [2.45, 2.75) is 38.1 Å². The fourth-order valence-corrected chi connectivity index (χ4v) is 2.69. The highest BCUT2D eigenvalue weighted by atomic mass is 19.1. The topological polar surface area (TPSA) is 78.4 Å². The number of halogens is 1. The predicted octanol–water partition coefficient (Wildman–Crippen LogP) is 2.98. The molecular weight excluding hydrogens is 275 g/mol. The third-order valence-corrected chi connectivity index (χ3v) is 3.78. The van der Waals surface area contributed by atoms with Crippen LogP contribution in [0.15, 0.2) is 24.3 Å². The van der Waals surface area contributed by atoms with Crippen LogP contribution in [-0.2, 0) is 4.79 Å². The Morgan fingerprint density at radius 3 is 2.33 bits per heavy atom. The Bertz CT molecular complexity index is 498. The zero-order valence-corrected chi connectivity index (χ0v) is 11.6. The Hall–Kier alpha value is -2.11. The van der Waals surface area contributed by atoms with Crippen molar-refractivity contribution in [1.82, 2.24) is 5.32 Å². The van der Waals surface area contributed by atoms with Gasteiger partial charge in [-0.1, -0.05) is 19.3 Å². The van der Waals surface area contributed by atoms with Crippen LogP contribution in [0.2, 0.25) is 0 Å². The summed E-state index contributed by atoms with van der Waals surface area (Å²) in [6, 6.07) is 3.83. The first-order valence-electron chi connectivity index (χ1n) is 7.12. The van der Waals surface area contributed by atoms with Gasteiger partial charge in [-0.25, -0.2) is 14.0 Å². The molecule has 0 heterocycles. The van der Waals surface area contributed by atoms with Crippen molar-refractivity contribution in [2.75, 3.05) is 5.32 Å². The normalized spacial score (nSPS) is 17.0. The van der Waals surface area contributed by atoms with Crippen molar-refractivity contribution < 1.29 is 19.1 Å². The van der Waals surface area contributed by atoms with Gasteiger partial charge in [0.2, 0.25) is 0 Å². The summed E-state index contributed by atoms with van der Waals surface area (Å²) in [7, 11) is 0. The number of urea groups is 1. The minimum Gasteiger partial charge on any atom is -0.480 e. The van der Waals surface area contributed by atoms with Crippen molar-refractivity contribution in [1.29, 1.82) is 0 Å². The van der Waals surface area contributed by atoms with Crippen LogP contribution >= 0.6 is 0 Å². The van der Waals surface area contributed by atoms with Crippen LogP contribution in [0.3, 0.4) is 0 Å². The highest BCUT2D eigenvalue weighted by molar-refractivity contribution is 5.92. The highest BCUT2D eigenvalue weighted by Crippen LogP contribution is 2.26. The molecule has 6 heteroatoms. The number of rotatable bonds is 4. The molecule has 1 aliphatic carbocycles. The summed E-state index contributed by atoms with van der Waals surface area (Å²) in [6.07, 6.45) is 4.73. The smallest absolute Gasteiger partial charge is 0.326 e. The Kier molecular flexibility index (Phi) is 5.14. The Labute approximate surface area is 122 Å². The molecule has 2 rings (SSSR count). The minimum atomic E-state index is -1.02. The number of anilines is 1. The van der Waals surface area contributed by atoms with Gasteiger partial charge in [0.25, 0.3) is 0 Å². The Balaban J connectivity index is 1.94. The van der Waals surface area contributed by atoms with E-state index in [1.807, 2.05) is 0 Å². The van der Waals surface area contributed by atoms with E-state index in [9.17, 15) is 19.1 Å². The predicted molar refractivity (Wildman–Crippen MR) is 76.6 cm³/mol. The molecule has 1 aliphatic rings. The molecule has 1 unspecified atom stereocenters. The van der Waals surface area contributed by atoms with Crippen LogP contribution in [-0.4, -0.2) is 23.1 Å². The van der Waals surface area contributed by atoms with Gasteiger partial charge in [0, 0.05) is 5.69 Å². The Morgan fingerprint density at radius 1 is 1.14 bits per heavy atom. The van der Waals surface area contributed by atoms with Gasteiger partial charge >= 0.3 is 12.0 Å². The lowest BCUT2D eigenvalue weighted by Gasteiger charge is -2.28. The van der Waals surface area contributed by atoms with E-state index in [4.69, 9.17) is 0 Å². The molecular formula is C15H19FN2O3. The molecule has 0 aliphatic heterocycles. The number of carboxylic acid groups (broad SMARTS) is 1. The summed E-state index contributed by atoms with van der Waals surface area (Å²) in [5, 5.41) is 14.3. The van der Waals surface area contributed by atoms with E-state index >= 15 is 0 Å². The molecule has 1 aromatic carbocycles. The number of benzene rings is 1. The van der Waals surface area contributed by atoms with E-state index in [-0.39, 0.29) is 5.92 Å². The summed E-state index contributed by atoms with van der Waals surface area (Å²) >= 11 is 0. The van der Waals surface area contributed by atoms with E-state index < -0.39 is 23.9 Å². The fraction of sp³-hybridized carbons (Fsp3) is 0.467. The van der Waals surface area contributed by atoms with Gasteiger partial charge < -0.3 is 15.7 Å². The molecule has 2 amide bonds. The molecule has 1 saturated carbocycles. The zero-order valence-electron chi connectivity index (χ0n) is 11.6. The van der Waals surface area contributed by atoms with Gasteiger partial charge in [0.05, 0.1) is 0 Å². The third-order valence-electron chi connectivity index (χ3n) is 3.78. The molecule has 114 valence electrons. The van der Waals surface area contributed by atoms with Crippen molar-refractivity contribution >= 4 is 17.7 Å². The molecule has 0 radical (unpaired) electrons. The third kappa shape index (κ3) is 4.44. The molecule has 1 atom stereocenters. The highest BCUT2D eigenvalue weighted by Gasteiger charge is 2.30. The van der Waals surface area contributed by atoms with Crippen LogP contribution in [0.5, 0.6) is 0 Å². The van der Waals surface area contributed by atoms with Crippen molar-refractivity contribution in [3.63, 3.8) is 0 Å². The molecule has 0 spiro atoms. The number of amides is 2. The van der Waals surface area contributed by atoms with Gasteiger partial charge in [-0.3, -0.25) is 0 Å². The van der Waals surface area contributed by atoms with Crippen LogP contribution in [0.25, 0.3) is 0 Å². The SMILES string of the molecule is O=C(Nc1ccc(F)cc1)NC(C(=O)O)C1CCCCC1. The van der Waals surface area contributed by atoms with Crippen molar-refractivity contribution in [3.8, 4) is 0 Å². The van der Waals surface area contributed by atoms with Crippen LogP contribution in [0.4, 0.5) is 14.9 Å². The number of carboxylic acids is 1. The average molecular weight is 294 g/mol. The summed E-state index contributed by atoms with van der Waals surface area (Å²) in [4.78, 5) is 23.2. The lowest BCUT2D eigenvalue weighted by atomic mass is 9.84. The van der Waals surface area contributed by atoms with Gasteiger partial charge in [-0.15, -0.1) is 0 Å². The molecule has 0 saturated heterocycles. The second-order valence-corrected chi connectivity index (χ2v) is 5.32. The quantitative estimate of drug-likeness (QED) is 0.798. The molecule has 0 aromatic heterocycles. The second kappa shape index (κ2) is 7.06. The lowest BCUT2D eigenvalue weighted by molar-refractivity contribution is -0.141. The van der Waals surface area contributed by atoms with Gasteiger partial charge in [0.1, 0.15) is 11.9 Å². The van der Waals surface area contributed by atoms with Crippen LogP contribution < -0.4 is 10.6 Å². The van der Waals surface area contributed by atoms with E-state index in [2.05, 4.69) is 10.6 Å². The van der Waals surface area contributed by atoms with Gasteiger partial charge in [-0.05, 0) is 43.0 Å². The number of carbonyl (C=O) groups is 2. The first-order chi connectivity index (χ1) is 10.1. The van der Waals surface area contributed by atoms with Crippen LogP contribution in [0, 0.1) is 11.7 Å². The van der Waals surface area contributed by atoms with E-state index in [0.717, 1.165) is 32.1 Å². The monoisotopic (exact) mass is 294 g/mol. The number of hydrogen-bond donors (Lipinski definition) is 3. The first kappa shape index (κ1) is 15.3. The molecule has 5 nitrogen and oxygen atoms in total. The van der Waals surface area contributed by atoms with E-state index in [1.54, 1.807) is 0 Å². The minimum absolute atomic E-state index is 0.0322. The molecule has 21 heavy (non-hydrogen) atoms. The summed E-state index contributed by atoms with van der Waals surface area (Å²) in [5.41, 5.74) is 0.418. The first-order valence-corrected chi connectivity index (χ1v) is 7.12. The van der Waals surface area contributed by atoms with Crippen molar-refractivity contribution in [3.05, 3.63) is 30.1 Å². The molecule has 3 N–H and O–H groups in total. The van der Waals surface area contributed by atoms with Crippen LogP contribution in [0.1, 0.15) is 32.1 Å². The molecule has 0 bridgehead atoms. The number of aliphatic carboxylic acids is 1. The van der Waals surface area contributed by atoms with E-state index in [1.165, 1.54) is 24.3 Å². The number of carbonyl (C=O) groups excluding carboxylic acids is 1. The molecule has 1 aromatic rings. The zero-order chi connectivity index (χ0) is 15.2. The lowest BCUT2D eigenvalue weighted by Crippen LogP contribution is -2.48. The fourth-order valence-electron chi connectivity index (χ4n) is 2.69. The maximum absolute atomic E-state index is 12.8. The summed E-state index contributed by atoms with van der Waals surface area (Å²) < 4.78 is 12.8.